The van der Waals surface area contributed by atoms with Crippen molar-refractivity contribution in [1.82, 2.24) is 0 Å². The molecule has 138 valence electrons. The first kappa shape index (κ1) is 19.7. The minimum Gasteiger partial charge on any atom is -0.496 e. The van der Waals surface area contributed by atoms with Gasteiger partial charge in [0, 0.05) is 10.6 Å². The van der Waals surface area contributed by atoms with Crippen LogP contribution in [0.25, 0.3) is 0 Å². The van der Waals surface area contributed by atoms with Gasteiger partial charge in [-0.2, -0.15) is 0 Å². The van der Waals surface area contributed by atoms with E-state index in [-0.39, 0.29) is 6.42 Å². The lowest BCUT2D eigenvalue weighted by Crippen LogP contribution is -2.31. The second-order valence-electron chi connectivity index (χ2n) is 5.35. The van der Waals surface area contributed by atoms with Gasteiger partial charge in [-0.1, -0.05) is 17.7 Å². The van der Waals surface area contributed by atoms with Crippen LogP contribution in [-0.4, -0.2) is 25.1 Å². The normalized spacial score (nSPS) is 11.6. The first-order valence-electron chi connectivity index (χ1n) is 7.58. The maximum atomic E-state index is 13.6. The molecule has 0 aliphatic heterocycles. The molecular formula is C18H16ClF2NO4. The number of para-hydroxylation sites is 1. The Balaban J connectivity index is 2.00. The highest BCUT2D eigenvalue weighted by molar-refractivity contribution is 6.30. The molecule has 0 spiro atoms. The molecule has 0 unspecified atom stereocenters. The third kappa shape index (κ3) is 4.92. The van der Waals surface area contributed by atoms with E-state index in [1.807, 2.05) is 0 Å². The van der Waals surface area contributed by atoms with Crippen LogP contribution in [0.1, 0.15) is 12.5 Å². The quantitative estimate of drug-likeness (QED) is 0.772. The highest BCUT2D eigenvalue weighted by Crippen LogP contribution is 2.23. The van der Waals surface area contributed by atoms with Crippen molar-refractivity contribution >= 4 is 29.2 Å². The third-order valence-electron chi connectivity index (χ3n) is 3.47. The first-order valence-corrected chi connectivity index (χ1v) is 7.96. The molecule has 0 aliphatic carbocycles. The molecule has 0 saturated carbocycles. The van der Waals surface area contributed by atoms with Gasteiger partial charge in [0.1, 0.15) is 23.1 Å². The summed E-state index contributed by atoms with van der Waals surface area (Å²) < 4.78 is 37.3. The SMILES string of the molecule is COc1ccc(Cl)cc1CC(=O)O[C@H](C)C(=O)Nc1c(F)cccc1F. The number of carbonyl (C=O) groups is 2. The summed E-state index contributed by atoms with van der Waals surface area (Å²) >= 11 is 5.89. The largest absolute Gasteiger partial charge is 0.496 e. The molecule has 0 aromatic heterocycles. The molecule has 0 bridgehead atoms. The van der Waals surface area contributed by atoms with E-state index in [2.05, 4.69) is 5.32 Å². The molecule has 2 aromatic carbocycles. The van der Waals surface area contributed by atoms with Gasteiger partial charge < -0.3 is 14.8 Å². The molecule has 1 N–H and O–H groups in total. The zero-order chi connectivity index (χ0) is 19.3. The van der Waals surface area contributed by atoms with Gasteiger partial charge in [0.05, 0.1) is 13.5 Å². The van der Waals surface area contributed by atoms with Gasteiger partial charge in [-0.25, -0.2) is 8.78 Å². The van der Waals surface area contributed by atoms with Crippen LogP contribution in [0.2, 0.25) is 5.02 Å². The second-order valence-corrected chi connectivity index (χ2v) is 5.79. The minimum absolute atomic E-state index is 0.185. The molecule has 0 aliphatic rings. The number of carbonyl (C=O) groups excluding carboxylic acids is 2. The van der Waals surface area contributed by atoms with Gasteiger partial charge in [0.15, 0.2) is 6.10 Å². The number of anilines is 1. The fourth-order valence-corrected chi connectivity index (χ4v) is 2.37. The molecule has 5 nitrogen and oxygen atoms in total. The number of esters is 1. The Morgan fingerprint density at radius 3 is 2.46 bits per heavy atom. The van der Waals surface area contributed by atoms with Crippen LogP contribution in [0.15, 0.2) is 36.4 Å². The topological polar surface area (TPSA) is 64.6 Å². The summed E-state index contributed by atoms with van der Waals surface area (Å²) in [5, 5.41) is 2.48. The van der Waals surface area contributed by atoms with Crippen molar-refractivity contribution in [3.05, 3.63) is 58.6 Å². The summed E-state index contributed by atoms with van der Waals surface area (Å²) in [6.07, 6.45) is -1.44. The van der Waals surface area contributed by atoms with Crippen LogP contribution in [0.3, 0.4) is 0 Å². The summed E-state index contributed by atoms with van der Waals surface area (Å²) in [6.45, 7) is 1.29. The average molecular weight is 384 g/mol. The van der Waals surface area contributed by atoms with Crippen LogP contribution in [0.5, 0.6) is 5.75 Å². The lowest BCUT2D eigenvalue weighted by atomic mass is 10.1. The number of benzene rings is 2. The number of halogens is 3. The van der Waals surface area contributed by atoms with Crippen molar-refractivity contribution in [3.63, 3.8) is 0 Å². The number of hydrogen-bond donors (Lipinski definition) is 1. The minimum atomic E-state index is -1.26. The average Bonchev–Trinajstić information content (AvgIpc) is 2.58. The molecule has 2 aromatic rings. The summed E-state index contributed by atoms with van der Waals surface area (Å²) in [6, 6.07) is 7.92. The van der Waals surface area contributed by atoms with Crippen LogP contribution < -0.4 is 10.1 Å². The van der Waals surface area contributed by atoms with E-state index in [0.29, 0.717) is 16.3 Å². The molecule has 26 heavy (non-hydrogen) atoms. The van der Waals surface area contributed by atoms with Gasteiger partial charge in [-0.05, 0) is 37.3 Å². The smallest absolute Gasteiger partial charge is 0.311 e. The zero-order valence-corrected chi connectivity index (χ0v) is 14.8. The van der Waals surface area contributed by atoms with E-state index in [1.54, 1.807) is 18.2 Å². The predicted octanol–water partition coefficient (Wildman–Crippen LogP) is 3.74. The second kappa shape index (κ2) is 8.62. The molecule has 0 saturated heterocycles. The number of methoxy groups -OCH3 is 1. The van der Waals surface area contributed by atoms with Crippen molar-refractivity contribution in [1.29, 1.82) is 0 Å². The van der Waals surface area contributed by atoms with Gasteiger partial charge in [-0.15, -0.1) is 0 Å². The highest BCUT2D eigenvalue weighted by Gasteiger charge is 2.21. The monoisotopic (exact) mass is 383 g/mol. The number of ether oxygens (including phenoxy) is 2. The Morgan fingerprint density at radius 2 is 1.85 bits per heavy atom. The highest BCUT2D eigenvalue weighted by atomic mass is 35.5. The molecule has 0 radical (unpaired) electrons. The van der Waals surface area contributed by atoms with Gasteiger partial charge >= 0.3 is 5.97 Å². The first-order chi connectivity index (χ1) is 12.3. The third-order valence-corrected chi connectivity index (χ3v) is 3.70. The van der Waals surface area contributed by atoms with E-state index in [4.69, 9.17) is 21.1 Å². The van der Waals surface area contributed by atoms with Crippen molar-refractivity contribution in [2.24, 2.45) is 0 Å². The number of hydrogen-bond acceptors (Lipinski definition) is 4. The predicted molar refractivity (Wildman–Crippen MR) is 92.2 cm³/mol. The lowest BCUT2D eigenvalue weighted by Gasteiger charge is -2.15. The molecule has 1 amide bonds. The fraction of sp³-hybridized carbons (Fsp3) is 0.222. The molecule has 0 heterocycles. The van der Waals surface area contributed by atoms with Gasteiger partial charge in [0.2, 0.25) is 0 Å². The van der Waals surface area contributed by atoms with Crippen molar-refractivity contribution in [2.75, 3.05) is 12.4 Å². The molecular weight excluding hydrogens is 368 g/mol. The van der Waals surface area contributed by atoms with E-state index < -0.39 is 35.3 Å². The van der Waals surface area contributed by atoms with Gasteiger partial charge in [-0.3, -0.25) is 9.59 Å². The molecule has 1 atom stereocenters. The van der Waals surface area contributed by atoms with Crippen molar-refractivity contribution in [3.8, 4) is 5.75 Å². The molecule has 0 fully saturated rings. The van der Waals surface area contributed by atoms with Crippen molar-refractivity contribution in [2.45, 2.75) is 19.4 Å². The Hall–Kier alpha value is -2.67. The Labute approximate surface area is 153 Å². The van der Waals surface area contributed by atoms with Crippen LogP contribution >= 0.6 is 11.6 Å². The number of amides is 1. The van der Waals surface area contributed by atoms with Crippen LogP contribution in [0, 0.1) is 11.6 Å². The maximum Gasteiger partial charge on any atom is 0.311 e. The van der Waals surface area contributed by atoms with E-state index >= 15 is 0 Å². The standard InChI is InChI=1S/C18H16ClF2NO4/c1-10(18(24)22-17-13(20)4-3-5-14(17)21)26-16(23)9-11-8-12(19)6-7-15(11)25-2/h3-8,10H,9H2,1-2H3,(H,22,24)/t10-/m1/s1. The Bertz CT molecular complexity index is 809. The molecule has 2 rings (SSSR count). The molecule has 8 heteroatoms. The summed E-state index contributed by atoms with van der Waals surface area (Å²) in [7, 11) is 1.44. The number of rotatable bonds is 6. The van der Waals surface area contributed by atoms with Crippen LogP contribution in [0.4, 0.5) is 14.5 Å². The van der Waals surface area contributed by atoms with Crippen molar-refractivity contribution < 1.29 is 27.8 Å². The summed E-state index contributed by atoms with van der Waals surface area (Å²) in [5.41, 5.74) is -0.116. The maximum absolute atomic E-state index is 13.6. The fourth-order valence-electron chi connectivity index (χ4n) is 2.18. The summed E-state index contributed by atoms with van der Waals surface area (Å²) in [4.78, 5) is 24.1. The van der Waals surface area contributed by atoms with E-state index in [9.17, 15) is 18.4 Å². The Kier molecular flexibility index (Phi) is 6.52. The number of nitrogens with one attached hydrogen (secondary N) is 1. The Morgan fingerprint density at radius 1 is 1.19 bits per heavy atom. The van der Waals surface area contributed by atoms with Crippen LogP contribution in [-0.2, 0) is 20.7 Å². The van der Waals surface area contributed by atoms with E-state index in [1.165, 1.54) is 20.1 Å². The lowest BCUT2D eigenvalue weighted by molar-refractivity contribution is -0.152. The van der Waals surface area contributed by atoms with E-state index in [0.717, 1.165) is 12.1 Å². The van der Waals surface area contributed by atoms with Gasteiger partial charge in [0.25, 0.3) is 5.91 Å². The summed E-state index contributed by atoms with van der Waals surface area (Å²) in [5.74, 6) is -3.00. The zero-order valence-electron chi connectivity index (χ0n) is 14.0.